The van der Waals surface area contributed by atoms with Crippen molar-refractivity contribution in [3.05, 3.63) is 59.7 Å². The van der Waals surface area contributed by atoms with Crippen LogP contribution in [0.25, 0.3) is 0 Å². The van der Waals surface area contributed by atoms with Crippen LogP contribution in [-0.2, 0) is 0 Å². The molecule has 1 nitrogen and oxygen atoms in total. The summed E-state index contributed by atoms with van der Waals surface area (Å²) >= 11 is 0.416. The normalized spacial score (nSPS) is 14.2. The van der Waals surface area contributed by atoms with Crippen molar-refractivity contribution in [2.24, 2.45) is 0 Å². The van der Waals surface area contributed by atoms with Crippen molar-refractivity contribution in [3.8, 4) is 0 Å². The van der Waals surface area contributed by atoms with E-state index < -0.39 is 0 Å². The Morgan fingerprint density at radius 2 is 1.41 bits per heavy atom. The molecule has 86 valence electrons. The zero-order valence-electron chi connectivity index (χ0n) is 9.47. The van der Waals surface area contributed by atoms with Crippen molar-refractivity contribution in [3.63, 3.8) is 0 Å². The van der Waals surface area contributed by atoms with E-state index in [1.54, 1.807) is 0 Å². The number of hydrogen-bond acceptors (Lipinski definition) is 1. The second-order valence-corrected chi connectivity index (χ2v) is 6.52. The van der Waals surface area contributed by atoms with Gasteiger partial charge in [0.1, 0.15) is 0 Å². The standard InChI is InChI=1S/C15H14OSe/c16-10-9-11-12-5-1-3-7-14(12)17-15-8-4-2-6-13(11)15/h1-8,11,16H,9-10H2. The molecular formula is C15H14OSe. The van der Waals surface area contributed by atoms with E-state index in [2.05, 4.69) is 48.5 Å². The Morgan fingerprint density at radius 3 is 1.94 bits per heavy atom. The summed E-state index contributed by atoms with van der Waals surface area (Å²) in [5, 5.41) is 9.27. The van der Waals surface area contributed by atoms with Gasteiger partial charge in [0.25, 0.3) is 0 Å². The van der Waals surface area contributed by atoms with Gasteiger partial charge in [0, 0.05) is 0 Å². The maximum atomic E-state index is 9.27. The molecule has 1 N–H and O–H groups in total. The first kappa shape index (κ1) is 11.0. The fraction of sp³-hybridized carbons (Fsp3) is 0.200. The SMILES string of the molecule is OCCC1c2ccccc2[Se]c2ccccc21. The molecule has 0 atom stereocenters. The van der Waals surface area contributed by atoms with E-state index in [1.165, 1.54) is 20.1 Å². The third-order valence-corrected chi connectivity index (χ3v) is 5.71. The number of hydrogen-bond donors (Lipinski definition) is 1. The molecule has 0 saturated heterocycles. The van der Waals surface area contributed by atoms with Crippen LogP contribution in [-0.4, -0.2) is 26.7 Å². The van der Waals surface area contributed by atoms with Crippen LogP contribution in [0.15, 0.2) is 48.5 Å². The molecule has 2 heteroatoms. The van der Waals surface area contributed by atoms with Crippen LogP contribution < -0.4 is 8.92 Å². The predicted octanol–water partition coefficient (Wildman–Crippen LogP) is 1.17. The predicted molar refractivity (Wildman–Crippen MR) is 71.5 cm³/mol. The van der Waals surface area contributed by atoms with Crippen molar-refractivity contribution in [2.45, 2.75) is 12.3 Å². The van der Waals surface area contributed by atoms with Gasteiger partial charge in [0.05, 0.1) is 0 Å². The molecule has 0 aliphatic carbocycles. The van der Waals surface area contributed by atoms with Crippen molar-refractivity contribution in [2.75, 3.05) is 6.61 Å². The third-order valence-electron chi connectivity index (χ3n) is 3.23. The summed E-state index contributed by atoms with van der Waals surface area (Å²) in [6.45, 7) is 0.250. The van der Waals surface area contributed by atoms with Gasteiger partial charge in [-0.3, -0.25) is 0 Å². The average molecular weight is 289 g/mol. The topological polar surface area (TPSA) is 20.2 Å². The van der Waals surface area contributed by atoms with Gasteiger partial charge >= 0.3 is 108 Å². The molecule has 1 aliphatic heterocycles. The Kier molecular flexibility index (Phi) is 3.02. The zero-order chi connectivity index (χ0) is 11.7. The Morgan fingerprint density at radius 1 is 0.882 bits per heavy atom. The quantitative estimate of drug-likeness (QED) is 0.823. The van der Waals surface area contributed by atoms with Crippen LogP contribution in [0.1, 0.15) is 23.5 Å². The van der Waals surface area contributed by atoms with E-state index in [9.17, 15) is 5.11 Å². The Labute approximate surface area is 108 Å². The number of fused-ring (bicyclic) bond motifs is 2. The first-order valence-electron chi connectivity index (χ1n) is 5.86. The van der Waals surface area contributed by atoms with E-state index in [1.807, 2.05) is 0 Å². The van der Waals surface area contributed by atoms with Gasteiger partial charge < -0.3 is 0 Å². The van der Waals surface area contributed by atoms with Crippen LogP contribution in [0.4, 0.5) is 0 Å². The third kappa shape index (κ3) is 1.93. The number of rotatable bonds is 2. The number of benzene rings is 2. The molecule has 1 heterocycles. The molecule has 3 rings (SSSR count). The van der Waals surface area contributed by atoms with Gasteiger partial charge in [-0.1, -0.05) is 0 Å². The summed E-state index contributed by atoms with van der Waals surface area (Å²) in [6, 6.07) is 17.3. The molecule has 1 aliphatic rings. The van der Waals surface area contributed by atoms with E-state index in [-0.39, 0.29) is 6.61 Å². The van der Waals surface area contributed by atoms with Crippen LogP contribution in [0, 0.1) is 0 Å². The molecule has 2 aromatic carbocycles. The van der Waals surface area contributed by atoms with Gasteiger partial charge in [-0.15, -0.1) is 0 Å². The number of aliphatic hydroxyl groups is 1. The average Bonchev–Trinajstić information content (AvgIpc) is 2.39. The molecule has 2 aromatic rings. The minimum absolute atomic E-state index is 0.250. The molecule has 0 unspecified atom stereocenters. The van der Waals surface area contributed by atoms with E-state index in [0.717, 1.165) is 6.42 Å². The number of aliphatic hydroxyl groups excluding tert-OH is 1. The second-order valence-electron chi connectivity index (χ2n) is 4.24. The summed E-state index contributed by atoms with van der Waals surface area (Å²) in [4.78, 5) is 0. The van der Waals surface area contributed by atoms with Gasteiger partial charge in [0.15, 0.2) is 0 Å². The monoisotopic (exact) mass is 290 g/mol. The van der Waals surface area contributed by atoms with Crippen LogP contribution >= 0.6 is 0 Å². The van der Waals surface area contributed by atoms with Crippen molar-refractivity contribution >= 4 is 23.9 Å². The van der Waals surface area contributed by atoms with Crippen molar-refractivity contribution in [1.29, 1.82) is 0 Å². The maximum absolute atomic E-state index is 9.27. The Hall–Kier alpha value is -1.08. The summed E-state index contributed by atoms with van der Waals surface area (Å²) in [5.74, 6) is 0.378. The summed E-state index contributed by atoms with van der Waals surface area (Å²) in [7, 11) is 0. The molecule has 0 fully saturated rings. The molecule has 0 bridgehead atoms. The fourth-order valence-electron chi connectivity index (χ4n) is 2.45. The zero-order valence-corrected chi connectivity index (χ0v) is 11.2. The van der Waals surface area contributed by atoms with E-state index in [4.69, 9.17) is 0 Å². The van der Waals surface area contributed by atoms with Crippen molar-refractivity contribution in [1.82, 2.24) is 0 Å². The van der Waals surface area contributed by atoms with Gasteiger partial charge in [-0.05, 0) is 0 Å². The van der Waals surface area contributed by atoms with Crippen molar-refractivity contribution < 1.29 is 5.11 Å². The molecule has 0 radical (unpaired) electrons. The molecular weight excluding hydrogens is 275 g/mol. The van der Waals surface area contributed by atoms with E-state index >= 15 is 0 Å². The summed E-state index contributed by atoms with van der Waals surface area (Å²) in [6.07, 6.45) is 0.824. The van der Waals surface area contributed by atoms with Crippen LogP contribution in [0.2, 0.25) is 0 Å². The van der Waals surface area contributed by atoms with Crippen LogP contribution in [0.3, 0.4) is 0 Å². The second kappa shape index (κ2) is 4.66. The van der Waals surface area contributed by atoms with Gasteiger partial charge in [-0.25, -0.2) is 0 Å². The Bertz CT molecular complexity index is 490. The first-order chi connectivity index (χ1) is 8.40. The summed E-state index contributed by atoms with van der Waals surface area (Å²) in [5.41, 5.74) is 2.83. The molecule has 0 spiro atoms. The van der Waals surface area contributed by atoms with Crippen LogP contribution in [0.5, 0.6) is 0 Å². The molecule has 17 heavy (non-hydrogen) atoms. The Balaban J connectivity index is 2.13. The fourth-order valence-corrected chi connectivity index (χ4v) is 4.94. The van der Waals surface area contributed by atoms with Gasteiger partial charge in [0.2, 0.25) is 0 Å². The molecule has 0 saturated carbocycles. The molecule has 0 aromatic heterocycles. The summed E-state index contributed by atoms with van der Waals surface area (Å²) < 4.78 is 2.94. The molecule has 0 amide bonds. The van der Waals surface area contributed by atoms with E-state index in [0.29, 0.717) is 20.9 Å². The first-order valence-corrected chi connectivity index (χ1v) is 7.58. The minimum atomic E-state index is 0.250. The van der Waals surface area contributed by atoms with Gasteiger partial charge in [-0.2, -0.15) is 0 Å².